The molecule has 6 heteroatoms. The summed E-state index contributed by atoms with van der Waals surface area (Å²) in [5.41, 5.74) is -0.199. The summed E-state index contributed by atoms with van der Waals surface area (Å²) in [5.74, 6) is 0.904. The summed E-state index contributed by atoms with van der Waals surface area (Å²) in [4.78, 5) is 24.5. The van der Waals surface area contributed by atoms with Crippen molar-refractivity contribution in [3.05, 3.63) is 83.0 Å². The van der Waals surface area contributed by atoms with Crippen molar-refractivity contribution in [1.29, 1.82) is 0 Å². The minimum Gasteiger partial charge on any atom is -0.508 e. The fourth-order valence-corrected chi connectivity index (χ4v) is 4.01. The highest BCUT2D eigenvalue weighted by Crippen LogP contribution is 2.57. The number of fused-ring (bicyclic) bond motifs is 5. The Hall–Kier alpha value is -3.80. The van der Waals surface area contributed by atoms with Crippen molar-refractivity contribution >= 4 is 12.3 Å². The molecule has 170 valence electrons. The molecule has 2 N–H and O–H groups in total. The maximum Gasteiger partial charge on any atom is 0.340 e. The number of rotatable bonds is 1. The smallest absolute Gasteiger partial charge is 0.340 e. The van der Waals surface area contributed by atoms with E-state index in [0.29, 0.717) is 33.8 Å². The molecular formula is C27H26O6. The van der Waals surface area contributed by atoms with E-state index in [1.165, 1.54) is 24.3 Å². The molecule has 0 bridgehead atoms. The Balaban J connectivity index is 0.000000601. The van der Waals surface area contributed by atoms with Gasteiger partial charge < -0.3 is 24.5 Å². The van der Waals surface area contributed by atoms with E-state index in [-0.39, 0.29) is 11.5 Å². The second-order valence-electron chi connectivity index (χ2n) is 9.24. The van der Waals surface area contributed by atoms with Crippen molar-refractivity contribution < 1.29 is 29.3 Å². The topological polar surface area (TPSA) is 93.1 Å². The van der Waals surface area contributed by atoms with Gasteiger partial charge in [0.05, 0.1) is 11.0 Å². The van der Waals surface area contributed by atoms with Gasteiger partial charge in [0.2, 0.25) is 0 Å². The molecule has 0 fully saturated rings. The number of phenolic OH excluding ortho intramolecular Hbond substituents is 2. The first-order valence-corrected chi connectivity index (χ1v) is 10.8. The molecule has 1 atom stereocenters. The van der Waals surface area contributed by atoms with Crippen LogP contribution in [0.2, 0.25) is 0 Å². The number of aromatic hydroxyl groups is 2. The summed E-state index contributed by atoms with van der Waals surface area (Å²) in [6, 6.07) is 9.14. The standard InChI is InChI=1S/C23H16O6.C4H10/c1-22(12-24)8-6-15-16(7-9-22)23(29-21(15)27)17-4-2-13(25)10-19(17)28-20-11-14(26)3-5-18(20)23;1-4(2)3/h2-12,25-26H,1H3;4H,1-3H3. The third-order valence-electron chi connectivity index (χ3n) is 5.52. The molecule has 5 rings (SSSR count). The van der Waals surface area contributed by atoms with E-state index in [1.807, 2.05) is 0 Å². The average Bonchev–Trinajstić information content (AvgIpc) is 2.88. The number of carbonyl (C=O) groups excluding carboxylic acids is 2. The molecule has 0 aromatic heterocycles. The number of hydrogen-bond acceptors (Lipinski definition) is 6. The Morgan fingerprint density at radius 2 is 1.42 bits per heavy atom. The SMILES string of the molecule is CC(C)C.CC1(C=O)C=CC2=C(C=C1)C1(OC2=O)c2ccc(O)cc2Oc2cc(O)ccc21. The van der Waals surface area contributed by atoms with E-state index in [9.17, 15) is 19.8 Å². The number of esters is 1. The van der Waals surface area contributed by atoms with Gasteiger partial charge in [0.25, 0.3) is 0 Å². The molecule has 33 heavy (non-hydrogen) atoms. The predicted molar refractivity (Wildman–Crippen MR) is 123 cm³/mol. The zero-order valence-corrected chi connectivity index (χ0v) is 19.0. The van der Waals surface area contributed by atoms with Crippen LogP contribution in [0.15, 0.2) is 71.8 Å². The summed E-state index contributed by atoms with van der Waals surface area (Å²) in [6.45, 7) is 8.25. The van der Waals surface area contributed by atoms with E-state index in [0.717, 1.165) is 12.2 Å². The molecule has 0 saturated carbocycles. The fourth-order valence-electron chi connectivity index (χ4n) is 4.01. The number of aldehydes is 1. The van der Waals surface area contributed by atoms with E-state index in [2.05, 4.69) is 20.8 Å². The van der Waals surface area contributed by atoms with Crippen LogP contribution in [0.3, 0.4) is 0 Å². The lowest BCUT2D eigenvalue weighted by Crippen LogP contribution is -2.33. The summed E-state index contributed by atoms with van der Waals surface area (Å²) < 4.78 is 11.9. The molecule has 0 radical (unpaired) electrons. The molecule has 1 unspecified atom stereocenters. The van der Waals surface area contributed by atoms with Gasteiger partial charge in [0.15, 0.2) is 5.60 Å². The predicted octanol–water partition coefficient (Wildman–Crippen LogP) is 5.29. The Morgan fingerprint density at radius 1 is 0.909 bits per heavy atom. The summed E-state index contributed by atoms with van der Waals surface area (Å²) in [6.07, 6.45) is 7.53. The van der Waals surface area contributed by atoms with Gasteiger partial charge >= 0.3 is 5.97 Å². The van der Waals surface area contributed by atoms with Gasteiger partial charge in [0, 0.05) is 28.8 Å². The molecule has 2 aromatic rings. The van der Waals surface area contributed by atoms with Crippen molar-refractivity contribution in [3.63, 3.8) is 0 Å². The lowest BCUT2D eigenvalue weighted by atomic mass is 9.77. The maximum absolute atomic E-state index is 12.9. The minimum absolute atomic E-state index is 0.00846. The van der Waals surface area contributed by atoms with E-state index in [4.69, 9.17) is 9.47 Å². The molecule has 0 amide bonds. The first-order chi connectivity index (χ1) is 15.6. The first kappa shape index (κ1) is 22.4. The van der Waals surface area contributed by atoms with Crippen molar-refractivity contribution in [2.45, 2.75) is 33.3 Å². The van der Waals surface area contributed by atoms with Gasteiger partial charge in [-0.05, 0) is 43.2 Å². The van der Waals surface area contributed by atoms with Crippen LogP contribution in [-0.2, 0) is 19.9 Å². The number of benzene rings is 2. The van der Waals surface area contributed by atoms with Crippen LogP contribution in [0.4, 0.5) is 0 Å². The van der Waals surface area contributed by atoms with Crippen LogP contribution < -0.4 is 4.74 Å². The number of allylic oxidation sites excluding steroid dienone is 2. The fraction of sp³-hybridized carbons (Fsp3) is 0.259. The normalized spacial score (nSPS) is 21.3. The molecule has 6 nitrogen and oxygen atoms in total. The second kappa shape index (κ2) is 7.96. The van der Waals surface area contributed by atoms with Crippen LogP contribution in [0, 0.1) is 11.3 Å². The molecule has 3 aliphatic rings. The van der Waals surface area contributed by atoms with Gasteiger partial charge in [-0.2, -0.15) is 0 Å². The van der Waals surface area contributed by atoms with Crippen molar-refractivity contribution in [1.82, 2.24) is 0 Å². The Kier molecular flexibility index (Phi) is 5.40. The van der Waals surface area contributed by atoms with Crippen molar-refractivity contribution in [2.24, 2.45) is 11.3 Å². The third kappa shape index (κ3) is 3.71. The van der Waals surface area contributed by atoms with Crippen LogP contribution in [0.1, 0.15) is 38.8 Å². The molecule has 0 saturated heterocycles. The highest BCUT2D eigenvalue weighted by molar-refractivity contribution is 5.99. The summed E-state index contributed by atoms with van der Waals surface area (Å²) in [7, 11) is 0. The lowest BCUT2D eigenvalue weighted by molar-refractivity contribution is -0.144. The number of ether oxygens (including phenoxy) is 2. The lowest BCUT2D eigenvalue weighted by Gasteiger charge is -2.37. The maximum atomic E-state index is 12.9. The second-order valence-corrected chi connectivity index (χ2v) is 9.24. The number of phenols is 2. The minimum atomic E-state index is -1.33. The van der Waals surface area contributed by atoms with Crippen LogP contribution >= 0.6 is 0 Å². The Bertz CT molecular complexity index is 1180. The van der Waals surface area contributed by atoms with Crippen LogP contribution in [-0.4, -0.2) is 22.5 Å². The van der Waals surface area contributed by atoms with Gasteiger partial charge in [-0.15, -0.1) is 0 Å². The van der Waals surface area contributed by atoms with E-state index < -0.39 is 17.0 Å². The quantitative estimate of drug-likeness (QED) is 0.456. The number of carbonyl (C=O) groups is 2. The van der Waals surface area contributed by atoms with Crippen LogP contribution in [0.25, 0.3) is 0 Å². The number of hydrogen-bond donors (Lipinski definition) is 2. The highest BCUT2D eigenvalue weighted by atomic mass is 16.6. The summed E-state index contributed by atoms with van der Waals surface area (Å²) in [5, 5.41) is 19.9. The third-order valence-corrected chi connectivity index (χ3v) is 5.52. The Morgan fingerprint density at radius 3 is 1.94 bits per heavy atom. The summed E-state index contributed by atoms with van der Waals surface area (Å²) >= 11 is 0. The van der Waals surface area contributed by atoms with E-state index in [1.54, 1.807) is 43.4 Å². The molecule has 2 aliphatic heterocycles. The molecule has 1 spiro atoms. The van der Waals surface area contributed by atoms with E-state index >= 15 is 0 Å². The van der Waals surface area contributed by atoms with Crippen molar-refractivity contribution in [2.75, 3.05) is 0 Å². The van der Waals surface area contributed by atoms with Gasteiger partial charge in [-0.25, -0.2) is 4.79 Å². The highest BCUT2D eigenvalue weighted by Gasteiger charge is 2.54. The average molecular weight is 446 g/mol. The van der Waals surface area contributed by atoms with Crippen molar-refractivity contribution in [3.8, 4) is 23.0 Å². The molecule has 2 heterocycles. The van der Waals surface area contributed by atoms with Gasteiger partial charge in [-0.3, -0.25) is 0 Å². The molecular weight excluding hydrogens is 420 g/mol. The van der Waals surface area contributed by atoms with Crippen LogP contribution in [0.5, 0.6) is 23.0 Å². The first-order valence-electron chi connectivity index (χ1n) is 10.8. The largest absolute Gasteiger partial charge is 0.508 e. The van der Waals surface area contributed by atoms with Gasteiger partial charge in [0.1, 0.15) is 29.3 Å². The zero-order chi connectivity index (χ0) is 24.0. The molecule has 2 aromatic carbocycles. The Labute approximate surface area is 192 Å². The monoisotopic (exact) mass is 446 g/mol. The molecule has 1 aliphatic carbocycles. The van der Waals surface area contributed by atoms with Gasteiger partial charge in [-0.1, -0.05) is 39.0 Å². The zero-order valence-electron chi connectivity index (χ0n) is 19.0.